The predicted octanol–water partition coefficient (Wildman–Crippen LogP) is 2.77. The standard InChI is InChI=1S/C13H16O3/c1-10-5-2-3-6-11(10)16-13(7-4-8-13)9-12(14)15/h2-3,5-6H,4,7-9H2,1H3,(H,14,15). The van der Waals surface area contributed by atoms with E-state index in [9.17, 15) is 4.79 Å². The summed E-state index contributed by atoms with van der Waals surface area (Å²) in [7, 11) is 0. The number of carboxylic acid groups (broad SMARTS) is 1. The molecule has 1 aromatic rings. The van der Waals surface area contributed by atoms with E-state index in [1.165, 1.54) is 0 Å². The molecule has 0 spiro atoms. The van der Waals surface area contributed by atoms with Crippen LogP contribution in [0.25, 0.3) is 0 Å². The average molecular weight is 220 g/mol. The molecule has 1 saturated carbocycles. The molecular formula is C13H16O3. The minimum absolute atomic E-state index is 0.0985. The lowest BCUT2D eigenvalue weighted by molar-refractivity contribution is -0.144. The van der Waals surface area contributed by atoms with Crippen LogP contribution < -0.4 is 4.74 Å². The van der Waals surface area contributed by atoms with Crippen molar-refractivity contribution in [3.8, 4) is 5.75 Å². The number of aliphatic carboxylic acids is 1. The van der Waals surface area contributed by atoms with E-state index in [0.717, 1.165) is 30.6 Å². The second kappa shape index (κ2) is 4.16. The van der Waals surface area contributed by atoms with Gasteiger partial charge in [0.05, 0.1) is 6.42 Å². The van der Waals surface area contributed by atoms with Crippen molar-refractivity contribution in [3.63, 3.8) is 0 Å². The van der Waals surface area contributed by atoms with E-state index in [4.69, 9.17) is 9.84 Å². The molecule has 0 aliphatic heterocycles. The van der Waals surface area contributed by atoms with Gasteiger partial charge in [0.2, 0.25) is 0 Å². The Morgan fingerprint density at radius 3 is 2.62 bits per heavy atom. The Morgan fingerprint density at radius 1 is 1.44 bits per heavy atom. The average Bonchev–Trinajstić information content (AvgIpc) is 2.17. The summed E-state index contributed by atoms with van der Waals surface area (Å²) in [5, 5.41) is 8.88. The Balaban J connectivity index is 2.13. The highest BCUT2D eigenvalue weighted by Crippen LogP contribution is 2.40. The van der Waals surface area contributed by atoms with Crippen LogP contribution in [-0.2, 0) is 4.79 Å². The number of para-hydroxylation sites is 1. The molecule has 1 aromatic carbocycles. The van der Waals surface area contributed by atoms with Crippen molar-refractivity contribution in [1.82, 2.24) is 0 Å². The number of aryl methyl sites for hydroxylation is 1. The number of carbonyl (C=O) groups is 1. The number of benzene rings is 1. The first-order valence-electron chi connectivity index (χ1n) is 5.58. The smallest absolute Gasteiger partial charge is 0.307 e. The zero-order valence-electron chi connectivity index (χ0n) is 9.40. The summed E-state index contributed by atoms with van der Waals surface area (Å²) in [5.74, 6) is 0.0248. The summed E-state index contributed by atoms with van der Waals surface area (Å²) in [4.78, 5) is 10.8. The van der Waals surface area contributed by atoms with Crippen LogP contribution in [0.1, 0.15) is 31.2 Å². The Hall–Kier alpha value is -1.51. The highest BCUT2D eigenvalue weighted by molar-refractivity contribution is 5.68. The van der Waals surface area contributed by atoms with Gasteiger partial charge in [0.1, 0.15) is 11.4 Å². The first-order chi connectivity index (χ1) is 7.61. The van der Waals surface area contributed by atoms with Crippen molar-refractivity contribution >= 4 is 5.97 Å². The fourth-order valence-electron chi connectivity index (χ4n) is 2.07. The monoisotopic (exact) mass is 220 g/mol. The van der Waals surface area contributed by atoms with E-state index in [2.05, 4.69) is 0 Å². The molecule has 86 valence electrons. The first-order valence-corrected chi connectivity index (χ1v) is 5.58. The zero-order chi connectivity index (χ0) is 11.6. The molecule has 0 heterocycles. The van der Waals surface area contributed by atoms with Crippen LogP contribution in [-0.4, -0.2) is 16.7 Å². The molecule has 0 atom stereocenters. The van der Waals surface area contributed by atoms with Gasteiger partial charge in [0.25, 0.3) is 0 Å². The molecule has 0 bridgehead atoms. The molecule has 0 radical (unpaired) electrons. The molecule has 0 aromatic heterocycles. The van der Waals surface area contributed by atoms with Crippen LogP contribution in [0.3, 0.4) is 0 Å². The molecule has 1 fully saturated rings. The van der Waals surface area contributed by atoms with Gasteiger partial charge in [0.15, 0.2) is 0 Å². The van der Waals surface area contributed by atoms with Crippen molar-refractivity contribution in [2.75, 3.05) is 0 Å². The minimum Gasteiger partial charge on any atom is -0.486 e. The molecular weight excluding hydrogens is 204 g/mol. The molecule has 1 aliphatic carbocycles. The van der Waals surface area contributed by atoms with E-state index < -0.39 is 11.6 Å². The van der Waals surface area contributed by atoms with Crippen molar-refractivity contribution in [2.24, 2.45) is 0 Å². The quantitative estimate of drug-likeness (QED) is 0.848. The number of carboxylic acids is 1. The molecule has 2 rings (SSSR count). The fraction of sp³-hybridized carbons (Fsp3) is 0.462. The van der Waals surface area contributed by atoms with Gasteiger partial charge in [-0.1, -0.05) is 18.2 Å². The maximum absolute atomic E-state index is 10.8. The normalized spacial score (nSPS) is 17.6. The molecule has 0 unspecified atom stereocenters. The summed E-state index contributed by atoms with van der Waals surface area (Å²) in [5.41, 5.74) is 0.594. The summed E-state index contributed by atoms with van der Waals surface area (Å²) in [6.07, 6.45) is 2.84. The number of hydrogen-bond donors (Lipinski definition) is 1. The highest BCUT2D eigenvalue weighted by atomic mass is 16.5. The van der Waals surface area contributed by atoms with E-state index in [1.807, 2.05) is 31.2 Å². The topological polar surface area (TPSA) is 46.5 Å². The van der Waals surface area contributed by atoms with Gasteiger partial charge >= 0.3 is 5.97 Å². The summed E-state index contributed by atoms with van der Waals surface area (Å²) < 4.78 is 5.90. The predicted molar refractivity (Wildman–Crippen MR) is 60.6 cm³/mol. The summed E-state index contributed by atoms with van der Waals surface area (Å²) in [6, 6.07) is 7.74. The lowest BCUT2D eigenvalue weighted by atomic mass is 9.77. The van der Waals surface area contributed by atoms with Crippen LogP contribution >= 0.6 is 0 Å². The second-order valence-corrected chi connectivity index (χ2v) is 4.47. The van der Waals surface area contributed by atoms with E-state index >= 15 is 0 Å². The van der Waals surface area contributed by atoms with Crippen molar-refractivity contribution < 1.29 is 14.6 Å². The molecule has 0 saturated heterocycles. The summed E-state index contributed by atoms with van der Waals surface area (Å²) in [6.45, 7) is 1.97. The molecule has 1 aliphatic rings. The minimum atomic E-state index is -0.784. The maximum Gasteiger partial charge on any atom is 0.307 e. The third-order valence-electron chi connectivity index (χ3n) is 3.16. The van der Waals surface area contributed by atoms with Crippen molar-refractivity contribution in [3.05, 3.63) is 29.8 Å². The highest BCUT2D eigenvalue weighted by Gasteiger charge is 2.41. The lowest BCUT2D eigenvalue weighted by Gasteiger charge is -2.41. The lowest BCUT2D eigenvalue weighted by Crippen LogP contribution is -2.45. The first kappa shape index (κ1) is 11.0. The third-order valence-corrected chi connectivity index (χ3v) is 3.16. The maximum atomic E-state index is 10.8. The van der Waals surface area contributed by atoms with Crippen LogP contribution in [0.5, 0.6) is 5.75 Å². The Labute approximate surface area is 95.0 Å². The van der Waals surface area contributed by atoms with Gasteiger partial charge < -0.3 is 9.84 Å². The van der Waals surface area contributed by atoms with Crippen LogP contribution in [0.2, 0.25) is 0 Å². The number of rotatable bonds is 4. The molecule has 1 N–H and O–H groups in total. The Bertz CT molecular complexity index is 394. The Morgan fingerprint density at radius 2 is 2.12 bits per heavy atom. The third kappa shape index (κ3) is 2.18. The van der Waals surface area contributed by atoms with Gasteiger partial charge in [-0.05, 0) is 37.8 Å². The van der Waals surface area contributed by atoms with E-state index in [-0.39, 0.29) is 6.42 Å². The van der Waals surface area contributed by atoms with E-state index in [1.54, 1.807) is 0 Å². The van der Waals surface area contributed by atoms with Gasteiger partial charge in [-0.15, -0.1) is 0 Å². The van der Waals surface area contributed by atoms with Crippen molar-refractivity contribution in [2.45, 2.75) is 38.2 Å². The van der Waals surface area contributed by atoms with Crippen LogP contribution in [0, 0.1) is 6.92 Å². The number of ether oxygens (including phenoxy) is 1. The largest absolute Gasteiger partial charge is 0.486 e. The molecule has 0 amide bonds. The second-order valence-electron chi connectivity index (χ2n) is 4.47. The van der Waals surface area contributed by atoms with Gasteiger partial charge in [-0.2, -0.15) is 0 Å². The van der Waals surface area contributed by atoms with Crippen LogP contribution in [0.15, 0.2) is 24.3 Å². The van der Waals surface area contributed by atoms with Crippen molar-refractivity contribution in [1.29, 1.82) is 0 Å². The van der Waals surface area contributed by atoms with Gasteiger partial charge in [-0.25, -0.2) is 0 Å². The Kier molecular flexibility index (Phi) is 2.86. The zero-order valence-corrected chi connectivity index (χ0v) is 9.40. The van der Waals surface area contributed by atoms with Gasteiger partial charge in [-0.3, -0.25) is 4.79 Å². The number of hydrogen-bond acceptors (Lipinski definition) is 2. The molecule has 16 heavy (non-hydrogen) atoms. The SMILES string of the molecule is Cc1ccccc1OC1(CC(=O)O)CCC1. The fourth-order valence-corrected chi connectivity index (χ4v) is 2.07. The molecule has 3 heteroatoms. The van der Waals surface area contributed by atoms with Crippen LogP contribution in [0.4, 0.5) is 0 Å². The van der Waals surface area contributed by atoms with Gasteiger partial charge in [0, 0.05) is 0 Å². The molecule has 3 nitrogen and oxygen atoms in total. The van der Waals surface area contributed by atoms with E-state index in [0.29, 0.717) is 0 Å². The summed E-state index contributed by atoms with van der Waals surface area (Å²) >= 11 is 0.